The number of hydrogen-bond acceptors (Lipinski definition) is 2. The number of amides is 2. The molecule has 1 aliphatic heterocycles. The molecule has 0 aliphatic carbocycles. The quantitative estimate of drug-likeness (QED) is 0.833. The van der Waals surface area contributed by atoms with Gasteiger partial charge in [0.25, 0.3) is 5.91 Å². The topological polar surface area (TPSA) is 49.4 Å². The van der Waals surface area contributed by atoms with Crippen molar-refractivity contribution < 1.29 is 22.8 Å². The Kier molecular flexibility index (Phi) is 5.03. The normalized spacial score (nSPS) is 14.4. The van der Waals surface area contributed by atoms with E-state index in [1.807, 2.05) is 0 Å². The summed E-state index contributed by atoms with van der Waals surface area (Å²) < 4.78 is 38.2. The van der Waals surface area contributed by atoms with Crippen molar-refractivity contribution >= 4 is 11.8 Å². The van der Waals surface area contributed by atoms with Gasteiger partial charge in [-0.1, -0.05) is 36.9 Å². The Morgan fingerprint density at radius 2 is 1.70 bits per heavy atom. The summed E-state index contributed by atoms with van der Waals surface area (Å²) in [6, 6.07) is 11.2. The second-order valence-corrected chi connectivity index (χ2v) is 6.24. The van der Waals surface area contributed by atoms with Crippen LogP contribution in [0.4, 0.5) is 13.2 Å². The van der Waals surface area contributed by atoms with E-state index in [-0.39, 0.29) is 17.9 Å². The van der Waals surface area contributed by atoms with Crippen LogP contribution in [0, 0.1) is 0 Å². The number of carbonyl (C=O) groups excluding carboxylic acids is 2. The van der Waals surface area contributed by atoms with Gasteiger partial charge in [-0.05, 0) is 35.4 Å². The zero-order valence-corrected chi connectivity index (χ0v) is 14.3. The molecule has 0 radical (unpaired) electrons. The molecule has 0 aromatic heterocycles. The van der Waals surface area contributed by atoms with Crippen molar-refractivity contribution in [3.05, 3.63) is 72.3 Å². The third-order valence-corrected chi connectivity index (χ3v) is 4.40. The van der Waals surface area contributed by atoms with Crippen LogP contribution in [0.15, 0.2) is 61.2 Å². The summed E-state index contributed by atoms with van der Waals surface area (Å²) in [4.78, 5) is 25.6. The Morgan fingerprint density at radius 3 is 2.30 bits per heavy atom. The molecule has 3 rings (SSSR count). The van der Waals surface area contributed by atoms with E-state index >= 15 is 0 Å². The van der Waals surface area contributed by atoms with Gasteiger partial charge in [-0.3, -0.25) is 9.59 Å². The standard InChI is InChI=1S/C20H17F3N2O2/c1-2-18(26)25-11-15(12-25)24-19(27)17-6-4-3-5-16(17)13-7-9-14(10-8-13)20(21,22)23/h2-10,15H,1,11-12H2,(H,24,27). The molecular weight excluding hydrogens is 357 g/mol. The van der Waals surface area contributed by atoms with Crippen LogP contribution in [0.25, 0.3) is 11.1 Å². The number of hydrogen-bond donors (Lipinski definition) is 1. The zero-order chi connectivity index (χ0) is 19.6. The number of rotatable bonds is 4. The van der Waals surface area contributed by atoms with Gasteiger partial charge >= 0.3 is 6.18 Å². The van der Waals surface area contributed by atoms with Crippen molar-refractivity contribution in [3.63, 3.8) is 0 Å². The number of alkyl halides is 3. The van der Waals surface area contributed by atoms with E-state index in [4.69, 9.17) is 0 Å². The molecule has 7 heteroatoms. The first-order chi connectivity index (χ1) is 12.8. The fraction of sp³-hybridized carbons (Fsp3) is 0.200. The highest BCUT2D eigenvalue weighted by Crippen LogP contribution is 2.31. The van der Waals surface area contributed by atoms with Crippen LogP contribution < -0.4 is 5.32 Å². The van der Waals surface area contributed by atoms with Crippen molar-refractivity contribution in [3.8, 4) is 11.1 Å². The highest BCUT2D eigenvalue weighted by atomic mass is 19.4. The number of nitrogens with zero attached hydrogens (tertiary/aromatic N) is 1. The first-order valence-corrected chi connectivity index (χ1v) is 8.28. The molecular formula is C20H17F3N2O2. The second-order valence-electron chi connectivity index (χ2n) is 6.24. The number of carbonyl (C=O) groups is 2. The molecule has 1 fully saturated rings. The van der Waals surface area contributed by atoms with Gasteiger partial charge in [0, 0.05) is 18.7 Å². The lowest BCUT2D eigenvalue weighted by atomic mass is 9.97. The third kappa shape index (κ3) is 4.02. The lowest BCUT2D eigenvalue weighted by Gasteiger charge is -2.39. The van der Waals surface area contributed by atoms with Crippen LogP contribution in [-0.2, 0) is 11.0 Å². The fourth-order valence-electron chi connectivity index (χ4n) is 2.91. The summed E-state index contributed by atoms with van der Waals surface area (Å²) >= 11 is 0. The minimum atomic E-state index is -4.41. The Balaban J connectivity index is 1.75. The Labute approximate surface area is 154 Å². The second kappa shape index (κ2) is 7.26. The number of halogens is 3. The van der Waals surface area contributed by atoms with Crippen molar-refractivity contribution in [1.82, 2.24) is 10.2 Å². The number of benzene rings is 2. The van der Waals surface area contributed by atoms with E-state index in [0.717, 1.165) is 12.1 Å². The summed E-state index contributed by atoms with van der Waals surface area (Å²) in [6.45, 7) is 4.22. The molecule has 2 aromatic rings. The van der Waals surface area contributed by atoms with Crippen molar-refractivity contribution in [2.24, 2.45) is 0 Å². The molecule has 0 bridgehead atoms. The maximum atomic E-state index is 12.7. The van der Waals surface area contributed by atoms with Gasteiger partial charge < -0.3 is 10.2 Å². The Morgan fingerprint density at radius 1 is 1.07 bits per heavy atom. The van der Waals surface area contributed by atoms with E-state index in [0.29, 0.717) is 29.8 Å². The van der Waals surface area contributed by atoms with Gasteiger partial charge in [-0.25, -0.2) is 0 Å². The molecule has 0 spiro atoms. The predicted molar refractivity (Wildman–Crippen MR) is 94.9 cm³/mol. The van der Waals surface area contributed by atoms with Gasteiger partial charge in [0.2, 0.25) is 5.91 Å². The maximum Gasteiger partial charge on any atom is 0.416 e. The predicted octanol–water partition coefficient (Wildman–Crippen LogP) is 3.50. The molecule has 2 amide bonds. The van der Waals surface area contributed by atoms with E-state index in [1.54, 1.807) is 29.2 Å². The highest BCUT2D eigenvalue weighted by molar-refractivity contribution is 6.01. The summed E-state index contributed by atoms with van der Waals surface area (Å²) in [6.07, 6.45) is -3.19. The van der Waals surface area contributed by atoms with Crippen molar-refractivity contribution in [1.29, 1.82) is 0 Å². The lowest BCUT2D eigenvalue weighted by molar-refractivity contribution is -0.137. The minimum absolute atomic E-state index is 0.165. The monoisotopic (exact) mass is 374 g/mol. The molecule has 140 valence electrons. The van der Waals surface area contributed by atoms with Crippen LogP contribution in [-0.4, -0.2) is 35.8 Å². The van der Waals surface area contributed by atoms with Gasteiger partial charge in [-0.15, -0.1) is 0 Å². The minimum Gasteiger partial charge on any atom is -0.346 e. The zero-order valence-electron chi connectivity index (χ0n) is 14.3. The first kappa shape index (κ1) is 18.7. The average molecular weight is 374 g/mol. The van der Waals surface area contributed by atoms with Crippen LogP contribution >= 0.6 is 0 Å². The van der Waals surface area contributed by atoms with Gasteiger partial charge in [0.1, 0.15) is 0 Å². The lowest BCUT2D eigenvalue weighted by Crippen LogP contribution is -2.60. The molecule has 4 nitrogen and oxygen atoms in total. The summed E-state index contributed by atoms with van der Waals surface area (Å²) in [5.41, 5.74) is 0.688. The van der Waals surface area contributed by atoms with Crippen LogP contribution in [0.5, 0.6) is 0 Å². The maximum absolute atomic E-state index is 12.7. The molecule has 27 heavy (non-hydrogen) atoms. The molecule has 0 atom stereocenters. The number of nitrogens with one attached hydrogen (secondary N) is 1. The molecule has 0 saturated carbocycles. The fourth-order valence-corrected chi connectivity index (χ4v) is 2.91. The molecule has 2 aromatic carbocycles. The number of likely N-dealkylation sites (tertiary alicyclic amines) is 1. The first-order valence-electron chi connectivity index (χ1n) is 8.28. The molecule has 1 heterocycles. The van der Waals surface area contributed by atoms with Gasteiger partial charge in [0.05, 0.1) is 11.6 Å². The Hall–Kier alpha value is -3.09. The molecule has 1 N–H and O–H groups in total. The summed E-state index contributed by atoms with van der Waals surface area (Å²) in [5, 5.41) is 2.84. The van der Waals surface area contributed by atoms with E-state index in [2.05, 4.69) is 11.9 Å². The van der Waals surface area contributed by atoms with Crippen LogP contribution in [0.2, 0.25) is 0 Å². The third-order valence-electron chi connectivity index (χ3n) is 4.40. The van der Waals surface area contributed by atoms with Gasteiger partial charge in [-0.2, -0.15) is 13.2 Å². The van der Waals surface area contributed by atoms with Crippen molar-refractivity contribution in [2.45, 2.75) is 12.2 Å². The average Bonchev–Trinajstić information content (AvgIpc) is 2.63. The Bertz CT molecular complexity index is 870. The molecule has 0 unspecified atom stereocenters. The summed E-state index contributed by atoms with van der Waals surface area (Å²) in [7, 11) is 0. The van der Waals surface area contributed by atoms with Gasteiger partial charge in [0.15, 0.2) is 0 Å². The highest BCUT2D eigenvalue weighted by Gasteiger charge is 2.31. The largest absolute Gasteiger partial charge is 0.416 e. The smallest absolute Gasteiger partial charge is 0.346 e. The van der Waals surface area contributed by atoms with E-state index in [1.165, 1.54) is 18.2 Å². The van der Waals surface area contributed by atoms with Crippen molar-refractivity contribution in [2.75, 3.05) is 13.1 Å². The SMILES string of the molecule is C=CC(=O)N1CC(NC(=O)c2ccccc2-c2ccc(C(F)(F)F)cc2)C1. The van der Waals surface area contributed by atoms with Crippen LogP contribution in [0.1, 0.15) is 15.9 Å². The summed E-state index contributed by atoms with van der Waals surface area (Å²) in [5.74, 6) is -0.521. The molecule has 1 saturated heterocycles. The molecule has 1 aliphatic rings. The van der Waals surface area contributed by atoms with Crippen LogP contribution in [0.3, 0.4) is 0 Å². The van der Waals surface area contributed by atoms with E-state index < -0.39 is 11.7 Å². The van der Waals surface area contributed by atoms with E-state index in [9.17, 15) is 22.8 Å².